The number of aliphatic hydroxyl groups is 1. The summed E-state index contributed by atoms with van der Waals surface area (Å²) in [6.45, 7) is 9.34. The van der Waals surface area contributed by atoms with Crippen LogP contribution in [0.5, 0.6) is 0 Å². The van der Waals surface area contributed by atoms with Crippen LogP contribution < -0.4 is 10.6 Å². The fourth-order valence-corrected chi connectivity index (χ4v) is 5.77. The largest absolute Gasteiger partial charge is 0.469 e. The molecule has 1 aliphatic heterocycles. The van der Waals surface area contributed by atoms with E-state index in [9.17, 15) is 24.3 Å². The second-order valence-electron chi connectivity index (χ2n) is 12.0. The number of aromatic nitrogens is 1. The average Bonchev–Trinajstić information content (AvgIpc) is 3.57. The number of benzene rings is 1. The highest BCUT2D eigenvalue weighted by Gasteiger charge is 2.44. The number of ether oxygens (including phenoxy) is 2. The first kappa shape index (κ1) is 34.1. The van der Waals surface area contributed by atoms with Crippen molar-refractivity contribution in [2.75, 3.05) is 26.9 Å². The maximum absolute atomic E-state index is 13.8. The van der Waals surface area contributed by atoms with E-state index in [1.807, 2.05) is 64.4 Å². The highest BCUT2D eigenvalue weighted by Crippen LogP contribution is 2.29. The predicted octanol–water partition coefficient (Wildman–Crippen LogP) is 3.15. The van der Waals surface area contributed by atoms with E-state index in [1.54, 1.807) is 11.3 Å². The number of amides is 3. The maximum Gasteiger partial charge on any atom is 0.305 e. The number of carbonyl (C=O) groups is 4. The van der Waals surface area contributed by atoms with E-state index < -0.39 is 35.4 Å². The number of hydrogen-bond acceptors (Lipinski definition) is 9. The Balaban J connectivity index is 1.60. The van der Waals surface area contributed by atoms with E-state index >= 15 is 0 Å². The van der Waals surface area contributed by atoms with Crippen molar-refractivity contribution in [3.63, 3.8) is 0 Å². The molecular weight excluding hydrogens is 572 g/mol. The Labute approximate surface area is 257 Å². The van der Waals surface area contributed by atoms with Gasteiger partial charge in [-0.2, -0.15) is 0 Å². The zero-order chi connectivity index (χ0) is 31.7. The van der Waals surface area contributed by atoms with Gasteiger partial charge in [0, 0.05) is 26.0 Å². The number of esters is 1. The van der Waals surface area contributed by atoms with Crippen LogP contribution in [0.3, 0.4) is 0 Å². The fourth-order valence-electron chi connectivity index (χ4n) is 4.96. The quantitative estimate of drug-likeness (QED) is 0.230. The molecule has 236 valence electrons. The number of aliphatic hydroxyl groups excluding tert-OH is 1. The standard InChI is InChI=1S/C31H44N4O7S/c1-19(21-10-12-22(13-11-21)27-20(2)32-18-43-27)33-29(39)24-15-23(36)16-35(24)30(40)28(31(3,4)5)34-25(37)17-42-14-8-7-9-26(38)41-6/h10-13,18-19,23-24,28,36H,7-9,14-17H2,1-6H3,(H,33,39)(H,34,37)/t19-,23+,24-,28+/m0/s1. The number of β-amino-alcohol motifs (C(OH)–C–C–N with tert-alkyl or cyclic N) is 1. The van der Waals surface area contributed by atoms with E-state index in [-0.39, 0.29) is 50.5 Å². The van der Waals surface area contributed by atoms with Crippen LogP contribution in [0.15, 0.2) is 29.8 Å². The molecule has 1 aromatic carbocycles. The molecule has 3 amide bonds. The summed E-state index contributed by atoms with van der Waals surface area (Å²) in [5.74, 6) is -1.57. The first-order chi connectivity index (χ1) is 20.3. The molecule has 0 spiro atoms. The number of likely N-dealkylation sites (tertiary alicyclic amines) is 1. The molecule has 0 aliphatic carbocycles. The normalized spacial score (nSPS) is 18.2. The Bertz CT molecular complexity index is 1260. The zero-order valence-electron chi connectivity index (χ0n) is 25.8. The van der Waals surface area contributed by atoms with Crippen molar-refractivity contribution < 1.29 is 33.8 Å². The number of rotatable bonds is 13. The molecule has 2 heterocycles. The molecule has 11 nitrogen and oxygen atoms in total. The molecular formula is C31H44N4O7S. The summed E-state index contributed by atoms with van der Waals surface area (Å²) in [6.07, 6.45) is 0.686. The van der Waals surface area contributed by atoms with Crippen molar-refractivity contribution in [3.8, 4) is 10.4 Å². The van der Waals surface area contributed by atoms with Crippen molar-refractivity contribution in [3.05, 3.63) is 41.0 Å². The average molecular weight is 617 g/mol. The second-order valence-corrected chi connectivity index (χ2v) is 12.8. The molecule has 0 saturated carbocycles. The van der Waals surface area contributed by atoms with Crippen LogP contribution in [0.2, 0.25) is 0 Å². The van der Waals surface area contributed by atoms with Gasteiger partial charge in [0.2, 0.25) is 17.7 Å². The number of hydrogen-bond donors (Lipinski definition) is 3. The molecule has 0 unspecified atom stereocenters. The third-order valence-corrected chi connectivity index (χ3v) is 8.42. The highest BCUT2D eigenvalue weighted by atomic mass is 32.1. The lowest BCUT2D eigenvalue weighted by Crippen LogP contribution is -2.58. The van der Waals surface area contributed by atoms with Gasteiger partial charge in [-0.05, 0) is 43.2 Å². The minimum Gasteiger partial charge on any atom is -0.469 e. The maximum atomic E-state index is 13.8. The minimum absolute atomic E-state index is 0.00660. The predicted molar refractivity (Wildman–Crippen MR) is 163 cm³/mol. The van der Waals surface area contributed by atoms with Gasteiger partial charge in [-0.25, -0.2) is 4.98 Å². The molecule has 43 heavy (non-hydrogen) atoms. The lowest BCUT2D eigenvalue weighted by molar-refractivity contribution is -0.144. The van der Waals surface area contributed by atoms with Crippen molar-refractivity contribution >= 4 is 35.0 Å². The SMILES string of the molecule is COC(=O)CCCCOCC(=O)N[C@H](C(=O)N1C[C@H](O)C[C@H]1C(=O)N[C@@H](C)c1ccc(-c2scnc2C)cc1)C(C)(C)C. The van der Waals surface area contributed by atoms with Gasteiger partial charge in [0.25, 0.3) is 0 Å². The van der Waals surface area contributed by atoms with Gasteiger partial charge in [0.15, 0.2) is 0 Å². The van der Waals surface area contributed by atoms with E-state index in [2.05, 4.69) is 20.4 Å². The van der Waals surface area contributed by atoms with Crippen LogP contribution >= 0.6 is 11.3 Å². The minimum atomic E-state index is -0.941. The van der Waals surface area contributed by atoms with E-state index in [0.717, 1.165) is 21.7 Å². The lowest BCUT2D eigenvalue weighted by atomic mass is 9.85. The summed E-state index contributed by atoms with van der Waals surface area (Å²) in [7, 11) is 1.33. The third kappa shape index (κ3) is 9.57. The molecule has 3 N–H and O–H groups in total. The van der Waals surface area contributed by atoms with Crippen molar-refractivity contribution in [2.45, 2.75) is 84.5 Å². The number of carbonyl (C=O) groups excluding carboxylic acids is 4. The Morgan fingerprint density at radius 1 is 1.14 bits per heavy atom. The van der Waals surface area contributed by atoms with E-state index in [1.165, 1.54) is 12.0 Å². The van der Waals surface area contributed by atoms with Crippen molar-refractivity contribution in [1.82, 2.24) is 20.5 Å². The Morgan fingerprint density at radius 2 is 1.84 bits per heavy atom. The van der Waals surface area contributed by atoms with Crippen molar-refractivity contribution in [1.29, 1.82) is 0 Å². The molecule has 1 aromatic heterocycles. The van der Waals surface area contributed by atoms with Crippen LogP contribution in [0.4, 0.5) is 0 Å². The van der Waals surface area contributed by atoms with Crippen LogP contribution in [0.1, 0.15) is 70.7 Å². The molecule has 1 fully saturated rings. The van der Waals surface area contributed by atoms with Crippen molar-refractivity contribution in [2.24, 2.45) is 5.41 Å². The smallest absolute Gasteiger partial charge is 0.305 e. The molecule has 3 rings (SSSR count). The van der Waals surface area contributed by atoms with Gasteiger partial charge in [-0.15, -0.1) is 11.3 Å². The Morgan fingerprint density at radius 3 is 2.44 bits per heavy atom. The lowest BCUT2D eigenvalue weighted by Gasteiger charge is -2.35. The van der Waals surface area contributed by atoms with Gasteiger partial charge in [-0.1, -0.05) is 45.0 Å². The monoisotopic (exact) mass is 616 g/mol. The fraction of sp³-hybridized carbons (Fsp3) is 0.581. The van der Waals surface area contributed by atoms with Crippen LogP contribution in [0.25, 0.3) is 10.4 Å². The molecule has 4 atom stereocenters. The molecule has 12 heteroatoms. The summed E-state index contributed by atoms with van der Waals surface area (Å²) in [5, 5.41) is 16.2. The number of unbranched alkanes of at least 4 members (excludes halogenated alkanes) is 1. The van der Waals surface area contributed by atoms with Gasteiger partial charge < -0.3 is 30.1 Å². The molecule has 0 bridgehead atoms. The van der Waals surface area contributed by atoms with Crippen LogP contribution in [-0.2, 0) is 28.7 Å². The van der Waals surface area contributed by atoms with Gasteiger partial charge in [0.05, 0.1) is 35.3 Å². The van der Waals surface area contributed by atoms with Crippen LogP contribution in [-0.4, -0.2) is 83.7 Å². The molecule has 2 aromatic rings. The summed E-state index contributed by atoms with van der Waals surface area (Å²) in [4.78, 5) is 57.8. The van der Waals surface area contributed by atoms with E-state index in [0.29, 0.717) is 12.8 Å². The number of aryl methyl sites for hydroxylation is 1. The first-order valence-corrected chi connectivity index (χ1v) is 15.4. The van der Waals surface area contributed by atoms with Gasteiger partial charge >= 0.3 is 5.97 Å². The van der Waals surface area contributed by atoms with Gasteiger partial charge in [-0.3, -0.25) is 19.2 Å². The van der Waals surface area contributed by atoms with Gasteiger partial charge in [0.1, 0.15) is 18.7 Å². The molecule has 0 radical (unpaired) electrons. The van der Waals surface area contributed by atoms with E-state index in [4.69, 9.17) is 4.74 Å². The number of thiazole rings is 1. The Hall–Kier alpha value is -3.35. The van der Waals surface area contributed by atoms with Crippen LogP contribution in [0, 0.1) is 12.3 Å². The topological polar surface area (TPSA) is 147 Å². The number of nitrogens with one attached hydrogen (secondary N) is 2. The number of nitrogens with zero attached hydrogens (tertiary/aromatic N) is 2. The number of methoxy groups -OCH3 is 1. The zero-order valence-corrected chi connectivity index (χ0v) is 26.7. The molecule has 1 saturated heterocycles. The second kappa shape index (κ2) is 15.4. The summed E-state index contributed by atoms with van der Waals surface area (Å²) in [6, 6.07) is 5.76. The summed E-state index contributed by atoms with van der Waals surface area (Å²) < 4.78 is 10.0. The summed E-state index contributed by atoms with van der Waals surface area (Å²) >= 11 is 1.57. The first-order valence-electron chi connectivity index (χ1n) is 14.5. The Kier molecular flexibility index (Phi) is 12.2. The highest BCUT2D eigenvalue weighted by molar-refractivity contribution is 7.13. The third-order valence-electron chi connectivity index (χ3n) is 7.44. The molecule has 1 aliphatic rings. The summed E-state index contributed by atoms with van der Waals surface area (Å²) in [5.41, 5.74) is 4.06.